The smallest absolute Gasteiger partial charge is 0.406 e. The Bertz CT molecular complexity index is 819. The third kappa shape index (κ3) is 3.96. The van der Waals surface area contributed by atoms with Crippen LogP contribution in [-0.2, 0) is 0 Å². The van der Waals surface area contributed by atoms with Crippen LogP contribution in [0.2, 0.25) is 0 Å². The van der Waals surface area contributed by atoms with E-state index in [2.05, 4.69) is 24.9 Å². The van der Waals surface area contributed by atoms with Crippen molar-refractivity contribution in [2.75, 3.05) is 24.5 Å². The van der Waals surface area contributed by atoms with Crippen LogP contribution < -0.4 is 15.0 Å². The number of ether oxygens (including phenoxy) is 1. The number of nitrogens with zero attached hydrogens (tertiary/aromatic N) is 3. The van der Waals surface area contributed by atoms with E-state index in [1.165, 1.54) is 12.1 Å². The summed E-state index contributed by atoms with van der Waals surface area (Å²) in [6, 6.07) is 5.08. The first-order chi connectivity index (χ1) is 12.9. The van der Waals surface area contributed by atoms with Gasteiger partial charge in [0.25, 0.3) is 5.91 Å². The first kappa shape index (κ1) is 17.6. The predicted molar refractivity (Wildman–Crippen MR) is 90.2 cm³/mol. The number of nitrogens with one attached hydrogen (secondary N) is 1. The van der Waals surface area contributed by atoms with Gasteiger partial charge < -0.3 is 15.0 Å². The maximum absolute atomic E-state index is 12.3. The number of anilines is 1. The number of halogens is 3. The number of amides is 1. The minimum atomic E-state index is -4.78. The molecule has 0 bridgehead atoms. The topological polar surface area (TPSA) is 67.4 Å². The Morgan fingerprint density at radius 1 is 1.26 bits per heavy atom. The Morgan fingerprint density at radius 2 is 2.04 bits per heavy atom. The number of hydrogen-bond donors (Lipinski definition) is 1. The van der Waals surface area contributed by atoms with Crippen molar-refractivity contribution in [1.29, 1.82) is 0 Å². The molecule has 1 aromatic carbocycles. The number of piperidine rings is 1. The largest absolute Gasteiger partial charge is 0.573 e. The van der Waals surface area contributed by atoms with Gasteiger partial charge in [-0.15, -0.1) is 13.2 Å². The van der Waals surface area contributed by atoms with Crippen LogP contribution in [0.3, 0.4) is 0 Å². The van der Waals surface area contributed by atoms with E-state index in [0.29, 0.717) is 24.3 Å². The van der Waals surface area contributed by atoms with E-state index in [-0.39, 0.29) is 5.56 Å². The molecule has 2 aliphatic rings. The molecule has 1 saturated carbocycles. The number of fused-ring (bicyclic) bond motifs is 1. The Morgan fingerprint density at radius 3 is 2.70 bits per heavy atom. The molecule has 2 fully saturated rings. The van der Waals surface area contributed by atoms with Gasteiger partial charge in [0, 0.05) is 37.6 Å². The first-order valence-electron chi connectivity index (χ1n) is 8.56. The van der Waals surface area contributed by atoms with E-state index in [0.717, 1.165) is 31.0 Å². The molecule has 2 heterocycles. The lowest BCUT2D eigenvalue weighted by atomic mass is 10.2. The summed E-state index contributed by atoms with van der Waals surface area (Å²) in [5.41, 5.74) is 0.142. The average Bonchev–Trinajstić information content (AvgIpc) is 3.08. The average molecular weight is 378 g/mol. The number of benzene rings is 1. The second-order valence-corrected chi connectivity index (χ2v) is 6.75. The van der Waals surface area contributed by atoms with E-state index >= 15 is 0 Å². The van der Waals surface area contributed by atoms with Crippen molar-refractivity contribution in [3.8, 4) is 5.75 Å². The summed E-state index contributed by atoms with van der Waals surface area (Å²) in [5.74, 6) is 1.42. The van der Waals surface area contributed by atoms with Gasteiger partial charge in [-0.1, -0.05) is 6.07 Å². The van der Waals surface area contributed by atoms with E-state index < -0.39 is 18.0 Å². The molecule has 1 aliphatic heterocycles. The third-order valence-electron chi connectivity index (χ3n) is 5.07. The fourth-order valence-corrected chi connectivity index (χ4v) is 3.74. The number of alkyl halides is 3. The predicted octanol–water partition coefficient (Wildman–Crippen LogP) is 2.49. The maximum Gasteiger partial charge on any atom is 0.573 e. The van der Waals surface area contributed by atoms with Gasteiger partial charge in [-0.2, -0.15) is 0 Å². The Labute approximate surface area is 153 Å². The molecule has 4 rings (SSSR count). The van der Waals surface area contributed by atoms with Crippen LogP contribution in [0.1, 0.15) is 10.4 Å². The van der Waals surface area contributed by atoms with Gasteiger partial charge in [0.05, 0.1) is 6.20 Å². The van der Waals surface area contributed by atoms with Crippen molar-refractivity contribution < 1.29 is 22.7 Å². The number of carbonyl (C=O) groups is 1. The molecule has 1 aromatic heterocycles. The van der Waals surface area contributed by atoms with Crippen molar-refractivity contribution in [2.45, 2.75) is 6.36 Å². The Hall–Kier alpha value is -2.84. The van der Waals surface area contributed by atoms with Crippen molar-refractivity contribution in [3.63, 3.8) is 0 Å². The Balaban J connectivity index is 1.28. The summed E-state index contributed by atoms with van der Waals surface area (Å²) in [6.07, 6.45) is 0.244. The zero-order valence-electron chi connectivity index (χ0n) is 14.2. The standard InChI is InChI=1S/C18H17F3N4O2/c19-18(20,21)27-12-3-1-2-11(6-12)17(26)24-7-13-14-9-25(10-15(13)14)16-8-22-4-5-23-16/h1-6,8,13-15H,7,9-10H2,(H,24,26). The van der Waals surface area contributed by atoms with E-state index in [4.69, 9.17) is 0 Å². The molecule has 1 saturated heterocycles. The van der Waals surface area contributed by atoms with Crippen LogP contribution in [-0.4, -0.2) is 41.9 Å². The molecule has 2 atom stereocenters. The van der Waals surface area contributed by atoms with Gasteiger partial charge in [0.1, 0.15) is 11.6 Å². The van der Waals surface area contributed by atoms with Gasteiger partial charge >= 0.3 is 6.36 Å². The Kier molecular flexibility index (Phi) is 4.37. The molecule has 0 radical (unpaired) electrons. The molecule has 1 amide bonds. The van der Waals surface area contributed by atoms with Crippen molar-refractivity contribution in [1.82, 2.24) is 15.3 Å². The highest BCUT2D eigenvalue weighted by Gasteiger charge is 2.55. The molecule has 27 heavy (non-hydrogen) atoms. The highest BCUT2D eigenvalue weighted by Crippen LogP contribution is 2.51. The zero-order chi connectivity index (χ0) is 19.0. The third-order valence-corrected chi connectivity index (χ3v) is 5.07. The quantitative estimate of drug-likeness (QED) is 0.866. The molecule has 142 valence electrons. The van der Waals surface area contributed by atoms with E-state index in [9.17, 15) is 18.0 Å². The lowest BCUT2D eigenvalue weighted by Crippen LogP contribution is -2.31. The number of rotatable bonds is 5. The van der Waals surface area contributed by atoms with Gasteiger partial charge in [-0.05, 0) is 36.0 Å². The second kappa shape index (κ2) is 6.71. The summed E-state index contributed by atoms with van der Waals surface area (Å²) in [7, 11) is 0. The fraction of sp³-hybridized carbons (Fsp3) is 0.389. The summed E-state index contributed by atoms with van der Waals surface area (Å²) in [5, 5.41) is 2.81. The second-order valence-electron chi connectivity index (χ2n) is 6.75. The van der Waals surface area contributed by atoms with Crippen LogP contribution >= 0.6 is 0 Å². The zero-order valence-corrected chi connectivity index (χ0v) is 14.2. The highest BCUT2D eigenvalue weighted by atomic mass is 19.4. The molecular formula is C18H17F3N4O2. The molecule has 1 aliphatic carbocycles. The summed E-state index contributed by atoms with van der Waals surface area (Å²) >= 11 is 0. The van der Waals surface area contributed by atoms with E-state index in [1.54, 1.807) is 18.6 Å². The molecule has 2 unspecified atom stereocenters. The summed E-state index contributed by atoms with van der Waals surface area (Å²) in [6.45, 7) is 2.25. The molecule has 9 heteroatoms. The maximum atomic E-state index is 12.3. The number of aromatic nitrogens is 2. The minimum absolute atomic E-state index is 0.142. The van der Waals surface area contributed by atoms with E-state index in [1.807, 2.05) is 0 Å². The molecule has 2 aromatic rings. The van der Waals surface area contributed by atoms with Crippen LogP contribution in [0.5, 0.6) is 5.75 Å². The van der Waals surface area contributed by atoms with Crippen LogP contribution in [0, 0.1) is 17.8 Å². The SMILES string of the molecule is O=C(NCC1C2CN(c3cnccn3)CC12)c1cccc(OC(F)(F)F)c1. The molecule has 1 N–H and O–H groups in total. The van der Waals surface area contributed by atoms with Gasteiger partial charge in [0.15, 0.2) is 0 Å². The van der Waals surface area contributed by atoms with Crippen molar-refractivity contribution in [2.24, 2.45) is 17.8 Å². The summed E-state index contributed by atoms with van der Waals surface area (Å²) < 4.78 is 40.7. The first-order valence-corrected chi connectivity index (χ1v) is 8.56. The number of hydrogen-bond acceptors (Lipinski definition) is 5. The van der Waals surface area contributed by atoms with Gasteiger partial charge in [-0.3, -0.25) is 9.78 Å². The lowest BCUT2D eigenvalue weighted by Gasteiger charge is -2.20. The monoisotopic (exact) mass is 378 g/mol. The van der Waals surface area contributed by atoms with Crippen molar-refractivity contribution >= 4 is 11.7 Å². The number of carbonyl (C=O) groups excluding carboxylic acids is 1. The van der Waals surface area contributed by atoms with Crippen molar-refractivity contribution in [3.05, 3.63) is 48.4 Å². The highest BCUT2D eigenvalue weighted by molar-refractivity contribution is 5.94. The minimum Gasteiger partial charge on any atom is -0.406 e. The normalized spacial score (nSPS) is 23.7. The van der Waals surface area contributed by atoms with Gasteiger partial charge in [0.2, 0.25) is 0 Å². The van der Waals surface area contributed by atoms with Crippen LogP contribution in [0.25, 0.3) is 0 Å². The van der Waals surface area contributed by atoms with Crippen LogP contribution in [0.4, 0.5) is 19.0 Å². The van der Waals surface area contributed by atoms with Crippen LogP contribution in [0.15, 0.2) is 42.9 Å². The van der Waals surface area contributed by atoms with Gasteiger partial charge in [-0.25, -0.2) is 4.98 Å². The fourth-order valence-electron chi connectivity index (χ4n) is 3.74. The summed E-state index contributed by atoms with van der Waals surface area (Å²) in [4.78, 5) is 22.8. The molecular weight excluding hydrogens is 361 g/mol. The molecule has 0 spiro atoms. The molecule has 6 nitrogen and oxygen atoms in total. The lowest BCUT2D eigenvalue weighted by molar-refractivity contribution is -0.274.